The van der Waals surface area contributed by atoms with Gasteiger partial charge < -0.3 is 0 Å². The average Bonchev–Trinajstić information content (AvgIpc) is 2.97. The topological polar surface area (TPSA) is 17.1 Å². The van der Waals surface area contributed by atoms with Crippen molar-refractivity contribution < 1.29 is 4.79 Å². The van der Waals surface area contributed by atoms with Crippen molar-refractivity contribution in [1.82, 2.24) is 0 Å². The molecule has 0 atom stereocenters. The van der Waals surface area contributed by atoms with Crippen LogP contribution in [-0.2, 0) is 0 Å². The average molecular weight is 541 g/mol. The van der Waals surface area contributed by atoms with Gasteiger partial charge in [0.1, 0.15) is 8.07 Å². The molecule has 0 N–H and O–H groups in total. The lowest BCUT2D eigenvalue weighted by Gasteiger charge is -2.37. The van der Waals surface area contributed by atoms with Crippen LogP contribution in [0.5, 0.6) is 0 Å². The van der Waals surface area contributed by atoms with Gasteiger partial charge in [0.25, 0.3) is 0 Å². The molecule has 0 aliphatic heterocycles. The Morgan fingerprint density at radius 2 is 0.775 bits per heavy atom. The Bertz CT molecular complexity index is 1440. The molecule has 202 valence electrons. The Kier molecular flexibility index (Phi) is 9.41. The van der Waals surface area contributed by atoms with Gasteiger partial charge in [-0.2, -0.15) is 0 Å². The smallest absolute Gasteiger partial charge is 0.235 e. The number of rotatable bonds is 8. The highest BCUT2D eigenvalue weighted by atomic mass is 28.3. The van der Waals surface area contributed by atoms with Crippen molar-refractivity contribution in [3.63, 3.8) is 0 Å². The first-order valence-electron chi connectivity index (χ1n) is 14.3. The quantitative estimate of drug-likeness (QED) is 0.0940. The summed E-state index contributed by atoms with van der Waals surface area (Å²) in [6.45, 7) is 13.6. The summed E-state index contributed by atoms with van der Waals surface area (Å²) in [6, 6.07) is 39.6. The molecular formula is C38H40OSi. The van der Waals surface area contributed by atoms with E-state index in [9.17, 15) is 4.79 Å². The lowest BCUT2D eigenvalue weighted by atomic mass is 9.85. The highest BCUT2D eigenvalue weighted by Crippen LogP contribution is 2.41. The first-order chi connectivity index (χ1) is 19.3. The SMILES string of the molecule is CC(C)[Si](C#CC(=O)c1ccc(C(=C(c2ccccc2)c2ccccc2)c2ccccc2)cc1)(C(C)C)C(C)C. The number of hydrogen-bond acceptors (Lipinski definition) is 1. The van der Waals surface area contributed by atoms with E-state index in [0.29, 0.717) is 22.2 Å². The van der Waals surface area contributed by atoms with E-state index < -0.39 is 8.07 Å². The number of benzene rings is 4. The highest BCUT2D eigenvalue weighted by Gasteiger charge is 2.41. The Labute approximate surface area is 242 Å². The molecule has 0 fully saturated rings. The lowest BCUT2D eigenvalue weighted by molar-refractivity contribution is 0.105. The molecule has 1 nitrogen and oxygen atoms in total. The van der Waals surface area contributed by atoms with Gasteiger partial charge in [-0.15, -0.1) is 5.54 Å². The lowest BCUT2D eigenvalue weighted by Crippen LogP contribution is -2.43. The van der Waals surface area contributed by atoms with E-state index >= 15 is 0 Å². The van der Waals surface area contributed by atoms with Crippen LogP contribution >= 0.6 is 0 Å². The monoisotopic (exact) mass is 540 g/mol. The van der Waals surface area contributed by atoms with Crippen LogP contribution < -0.4 is 0 Å². The molecule has 0 aliphatic carbocycles. The van der Waals surface area contributed by atoms with Crippen molar-refractivity contribution >= 4 is 25.0 Å². The van der Waals surface area contributed by atoms with E-state index in [0.717, 1.165) is 33.4 Å². The standard InChI is InChI=1S/C38H40OSi/c1-28(2)40(29(3)4,30(5)6)27-26-36(39)31-22-24-35(25-23-31)38(34-20-14-9-15-21-34)37(32-16-10-7-11-17-32)33-18-12-8-13-19-33/h7-25,28-30H,1-6H3. The molecule has 40 heavy (non-hydrogen) atoms. The molecule has 0 radical (unpaired) electrons. The number of carbonyl (C=O) groups excluding carboxylic acids is 1. The van der Waals surface area contributed by atoms with E-state index in [-0.39, 0.29) is 5.78 Å². The van der Waals surface area contributed by atoms with Gasteiger partial charge >= 0.3 is 0 Å². The summed E-state index contributed by atoms with van der Waals surface area (Å²) in [7, 11) is -1.98. The van der Waals surface area contributed by atoms with Crippen LogP contribution in [0.2, 0.25) is 16.6 Å². The van der Waals surface area contributed by atoms with Gasteiger partial charge in [-0.3, -0.25) is 4.79 Å². The van der Waals surface area contributed by atoms with Crippen LogP contribution in [0.25, 0.3) is 11.1 Å². The molecule has 4 aromatic rings. The van der Waals surface area contributed by atoms with Gasteiger partial charge in [-0.1, -0.05) is 145 Å². The second-order valence-electron chi connectivity index (χ2n) is 11.4. The maximum Gasteiger partial charge on any atom is 0.235 e. The maximum absolute atomic E-state index is 13.3. The molecule has 4 aromatic carbocycles. The largest absolute Gasteiger partial charge is 0.279 e. The van der Waals surface area contributed by atoms with E-state index in [1.165, 1.54) is 0 Å². The maximum atomic E-state index is 13.3. The van der Waals surface area contributed by atoms with Crippen LogP contribution in [0.15, 0.2) is 115 Å². The summed E-state index contributed by atoms with van der Waals surface area (Å²) in [4.78, 5) is 13.3. The molecule has 0 aromatic heterocycles. The molecule has 0 saturated heterocycles. The molecule has 0 bridgehead atoms. The fourth-order valence-electron chi connectivity index (χ4n) is 6.18. The Morgan fingerprint density at radius 1 is 0.475 bits per heavy atom. The minimum atomic E-state index is -1.98. The van der Waals surface area contributed by atoms with Crippen molar-refractivity contribution in [1.29, 1.82) is 0 Å². The van der Waals surface area contributed by atoms with Gasteiger partial charge in [0.2, 0.25) is 5.78 Å². The Hall–Kier alpha value is -3.93. The van der Waals surface area contributed by atoms with Gasteiger partial charge in [-0.05, 0) is 68.1 Å². The Morgan fingerprint density at radius 3 is 1.10 bits per heavy atom. The summed E-state index contributed by atoms with van der Waals surface area (Å²) in [6.07, 6.45) is 0. The fraction of sp³-hybridized carbons (Fsp3) is 0.237. The second-order valence-corrected chi connectivity index (χ2v) is 17.0. The third kappa shape index (κ3) is 6.11. The fourth-order valence-corrected chi connectivity index (χ4v) is 11.4. The second kappa shape index (κ2) is 12.9. The van der Waals surface area contributed by atoms with Crippen molar-refractivity contribution in [2.45, 2.75) is 58.2 Å². The number of ketones is 1. The normalized spacial score (nSPS) is 11.3. The van der Waals surface area contributed by atoms with Gasteiger partial charge in [-0.25, -0.2) is 0 Å². The first kappa shape index (κ1) is 29.1. The van der Waals surface area contributed by atoms with Crippen molar-refractivity contribution in [3.8, 4) is 11.5 Å². The minimum Gasteiger partial charge on any atom is -0.279 e. The zero-order valence-corrected chi connectivity index (χ0v) is 25.6. The molecule has 0 heterocycles. The molecule has 0 spiro atoms. The summed E-state index contributed by atoms with van der Waals surface area (Å²) >= 11 is 0. The zero-order chi connectivity index (χ0) is 28.7. The summed E-state index contributed by atoms with van der Waals surface area (Å²) in [5.41, 5.74) is 12.5. The number of Topliss-reactive ketones (excluding diaryl/α,β-unsaturated/α-hetero) is 1. The van der Waals surface area contributed by atoms with E-state index in [4.69, 9.17) is 0 Å². The molecule has 0 saturated carbocycles. The van der Waals surface area contributed by atoms with Gasteiger partial charge in [0, 0.05) is 5.56 Å². The Balaban J connectivity index is 1.84. The van der Waals surface area contributed by atoms with Crippen LogP contribution in [0, 0.1) is 11.5 Å². The van der Waals surface area contributed by atoms with Crippen LogP contribution in [0.1, 0.15) is 74.2 Å². The van der Waals surface area contributed by atoms with Crippen molar-refractivity contribution in [2.24, 2.45) is 0 Å². The number of carbonyl (C=O) groups is 1. The van der Waals surface area contributed by atoms with Crippen LogP contribution in [-0.4, -0.2) is 13.9 Å². The van der Waals surface area contributed by atoms with Crippen molar-refractivity contribution in [2.75, 3.05) is 0 Å². The van der Waals surface area contributed by atoms with Gasteiger partial charge in [0.15, 0.2) is 0 Å². The third-order valence-corrected chi connectivity index (χ3v) is 14.4. The van der Waals surface area contributed by atoms with Crippen LogP contribution in [0.3, 0.4) is 0 Å². The summed E-state index contributed by atoms with van der Waals surface area (Å²) in [5.74, 6) is 3.00. The van der Waals surface area contributed by atoms with Gasteiger partial charge in [0.05, 0.1) is 0 Å². The first-order valence-corrected chi connectivity index (χ1v) is 16.6. The van der Waals surface area contributed by atoms with E-state index in [1.54, 1.807) is 0 Å². The highest BCUT2D eigenvalue weighted by molar-refractivity contribution is 6.90. The predicted molar refractivity (Wildman–Crippen MR) is 174 cm³/mol. The summed E-state index contributed by atoms with van der Waals surface area (Å²) in [5, 5.41) is 0. The predicted octanol–water partition coefficient (Wildman–Crippen LogP) is 10.1. The molecule has 4 rings (SSSR count). The third-order valence-electron chi connectivity index (χ3n) is 8.13. The van der Waals surface area contributed by atoms with Crippen molar-refractivity contribution in [3.05, 3.63) is 143 Å². The molecule has 0 aliphatic rings. The van der Waals surface area contributed by atoms with Crippen LogP contribution in [0.4, 0.5) is 0 Å². The molecular weight excluding hydrogens is 501 g/mol. The summed E-state index contributed by atoms with van der Waals surface area (Å²) < 4.78 is 0. The zero-order valence-electron chi connectivity index (χ0n) is 24.6. The molecule has 2 heteroatoms. The molecule has 0 unspecified atom stereocenters. The van der Waals surface area contributed by atoms with E-state index in [2.05, 4.69) is 138 Å². The molecule has 0 amide bonds. The number of hydrogen-bond donors (Lipinski definition) is 0. The van der Waals surface area contributed by atoms with E-state index in [1.807, 2.05) is 30.3 Å². The minimum absolute atomic E-state index is 0.0954.